The molecule has 2 amide bonds. The summed E-state index contributed by atoms with van der Waals surface area (Å²) >= 11 is 0. The Bertz CT molecular complexity index is 997. The number of rotatable bonds is 4. The molecule has 140 valence electrons. The summed E-state index contributed by atoms with van der Waals surface area (Å²) in [5.74, 6) is -0.327. The molecular weight excluding hydrogens is 348 g/mol. The summed E-state index contributed by atoms with van der Waals surface area (Å²) in [6.07, 6.45) is 0.851. The summed E-state index contributed by atoms with van der Waals surface area (Å²) in [5.41, 5.74) is 4.81. The van der Waals surface area contributed by atoms with Crippen molar-refractivity contribution in [2.75, 3.05) is 11.4 Å². The van der Waals surface area contributed by atoms with Crippen LogP contribution < -0.4 is 10.2 Å². The highest BCUT2D eigenvalue weighted by molar-refractivity contribution is 6.03. The van der Waals surface area contributed by atoms with E-state index in [4.69, 9.17) is 0 Å². The van der Waals surface area contributed by atoms with E-state index in [0.717, 1.165) is 23.2 Å². The van der Waals surface area contributed by atoms with Crippen LogP contribution in [-0.2, 0) is 11.2 Å². The fourth-order valence-corrected chi connectivity index (χ4v) is 3.59. The molecule has 4 heteroatoms. The van der Waals surface area contributed by atoms with Gasteiger partial charge in [0.25, 0.3) is 5.91 Å². The zero-order valence-corrected chi connectivity index (χ0v) is 15.8. The molecule has 0 saturated heterocycles. The second-order valence-corrected chi connectivity index (χ2v) is 7.01. The summed E-state index contributed by atoms with van der Waals surface area (Å²) in [6, 6.07) is 24.8. The van der Waals surface area contributed by atoms with Crippen molar-refractivity contribution in [3.8, 4) is 11.1 Å². The monoisotopic (exact) mass is 370 g/mol. The van der Waals surface area contributed by atoms with Gasteiger partial charge in [-0.3, -0.25) is 9.59 Å². The number of nitrogens with one attached hydrogen (secondary N) is 1. The number of fused-ring (bicyclic) bond motifs is 1. The first-order valence-electron chi connectivity index (χ1n) is 9.49. The van der Waals surface area contributed by atoms with Gasteiger partial charge in [-0.05, 0) is 48.2 Å². The molecule has 1 atom stereocenters. The lowest BCUT2D eigenvalue weighted by atomic mass is 10.0. The Balaban J connectivity index is 1.43. The average molecular weight is 370 g/mol. The van der Waals surface area contributed by atoms with Gasteiger partial charge < -0.3 is 10.2 Å². The first-order chi connectivity index (χ1) is 13.6. The minimum atomic E-state index is -0.590. The molecule has 1 N–H and O–H groups in total. The maximum atomic E-state index is 12.8. The number of hydrogen-bond donors (Lipinski definition) is 1. The number of para-hydroxylation sites is 1. The van der Waals surface area contributed by atoms with Gasteiger partial charge in [0.15, 0.2) is 0 Å². The number of carbonyl (C=O) groups excluding carboxylic acids is 2. The molecule has 0 aliphatic carbocycles. The van der Waals surface area contributed by atoms with Crippen LogP contribution in [0.2, 0.25) is 0 Å². The van der Waals surface area contributed by atoms with Crippen molar-refractivity contribution in [1.82, 2.24) is 5.32 Å². The molecule has 0 aromatic heterocycles. The molecule has 0 bridgehead atoms. The van der Waals surface area contributed by atoms with Crippen molar-refractivity contribution in [3.05, 3.63) is 90.0 Å². The van der Waals surface area contributed by atoms with Crippen LogP contribution in [0.1, 0.15) is 22.8 Å². The quantitative estimate of drug-likeness (QED) is 0.753. The highest BCUT2D eigenvalue weighted by atomic mass is 16.2. The lowest BCUT2D eigenvalue weighted by molar-refractivity contribution is -0.119. The Morgan fingerprint density at radius 1 is 0.857 bits per heavy atom. The smallest absolute Gasteiger partial charge is 0.251 e. The lowest BCUT2D eigenvalue weighted by Crippen LogP contribution is -2.46. The highest BCUT2D eigenvalue weighted by Gasteiger charge is 2.28. The number of amides is 2. The van der Waals surface area contributed by atoms with Gasteiger partial charge in [-0.1, -0.05) is 60.7 Å². The van der Waals surface area contributed by atoms with Gasteiger partial charge in [-0.15, -0.1) is 0 Å². The van der Waals surface area contributed by atoms with Crippen LogP contribution in [0.3, 0.4) is 0 Å². The molecule has 28 heavy (non-hydrogen) atoms. The van der Waals surface area contributed by atoms with E-state index in [9.17, 15) is 9.59 Å². The lowest BCUT2D eigenvalue weighted by Gasteiger charge is -2.22. The normalized spacial score (nSPS) is 13.7. The number of carbonyl (C=O) groups is 2. The maximum absolute atomic E-state index is 12.8. The van der Waals surface area contributed by atoms with Gasteiger partial charge >= 0.3 is 0 Å². The molecule has 3 aromatic carbocycles. The van der Waals surface area contributed by atoms with Crippen LogP contribution in [0.15, 0.2) is 78.9 Å². The number of benzene rings is 3. The summed E-state index contributed by atoms with van der Waals surface area (Å²) < 4.78 is 0. The Kier molecular flexibility index (Phi) is 4.94. The predicted octanol–water partition coefficient (Wildman–Crippen LogP) is 4.06. The highest BCUT2D eigenvalue weighted by Crippen LogP contribution is 2.28. The van der Waals surface area contributed by atoms with E-state index in [1.54, 1.807) is 24.0 Å². The van der Waals surface area contributed by atoms with Crippen LogP contribution in [0.5, 0.6) is 0 Å². The first-order valence-corrected chi connectivity index (χ1v) is 9.49. The van der Waals surface area contributed by atoms with Gasteiger partial charge in [-0.25, -0.2) is 0 Å². The topological polar surface area (TPSA) is 49.4 Å². The SMILES string of the molecule is C[C@H](NC(=O)c1ccc(-c2ccccc2)cc1)C(=O)N1CCc2ccccc21. The second-order valence-electron chi connectivity index (χ2n) is 7.01. The van der Waals surface area contributed by atoms with Crippen molar-refractivity contribution >= 4 is 17.5 Å². The van der Waals surface area contributed by atoms with E-state index >= 15 is 0 Å². The number of nitrogens with zero attached hydrogens (tertiary/aromatic N) is 1. The van der Waals surface area contributed by atoms with Crippen molar-refractivity contribution in [2.24, 2.45) is 0 Å². The molecule has 0 fully saturated rings. The number of hydrogen-bond acceptors (Lipinski definition) is 2. The first kappa shape index (κ1) is 18.0. The predicted molar refractivity (Wildman–Crippen MR) is 111 cm³/mol. The molecule has 4 nitrogen and oxygen atoms in total. The summed E-state index contributed by atoms with van der Waals surface area (Å²) in [7, 11) is 0. The Morgan fingerprint density at radius 2 is 1.50 bits per heavy atom. The van der Waals surface area contributed by atoms with Crippen LogP contribution >= 0.6 is 0 Å². The zero-order valence-electron chi connectivity index (χ0n) is 15.8. The largest absolute Gasteiger partial charge is 0.341 e. The second kappa shape index (κ2) is 7.69. The van der Waals surface area contributed by atoms with Crippen LogP contribution in [0.4, 0.5) is 5.69 Å². The molecule has 1 aliphatic rings. The summed E-state index contributed by atoms with van der Waals surface area (Å²) in [6.45, 7) is 2.39. The molecule has 1 heterocycles. The fourth-order valence-electron chi connectivity index (χ4n) is 3.59. The van der Waals surface area contributed by atoms with Gasteiger partial charge in [-0.2, -0.15) is 0 Å². The third-order valence-corrected chi connectivity index (χ3v) is 5.13. The zero-order chi connectivity index (χ0) is 19.5. The van der Waals surface area contributed by atoms with Crippen LogP contribution in [0, 0.1) is 0 Å². The minimum absolute atomic E-state index is 0.0841. The molecule has 0 radical (unpaired) electrons. The fraction of sp³-hybridized carbons (Fsp3) is 0.167. The summed E-state index contributed by atoms with van der Waals surface area (Å²) in [4.78, 5) is 27.2. The molecular formula is C24H22N2O2. The van der Waals surface area contributed by atoms with E-state index in [2.05, 4.69) is 5.32 Å². The third-order valence-electron chi connectivity index (χ3n) is 5.13. The van der Waals surface area contributed by atoms with E-state index < -0.39 is 6.04 Å². The Hall–Kier alpha value is -3.40. The van der Waals surface area contributed by atoms with Crippen molar-refractivity contribution in [1.29, 1.82) is 0 Å². The molecule has 0 saturated carbocycles. The van der Waals surface area contributed by atoms with Gasteiger partial charge in [0.1, 0.15) is 6.04 Å². The minimum Gasteiger partial charge on any atom is -0.341 e. The third kappa shape index (κ3) is 3.54. The molecule has 4 rings (SSSR count). The van der Waals surface area contributed by atoms with E-state index in [-0.39, 0.29) is 11.8 Å². The molecule has 3 aromatic rings. The van der Waals surface area contributed by atoms with Gasteiger partial charge in [0.2, 0.25) is 5.91 Å². The van der Waals surface area contributed by atoms with Crippen LogP contribution in [0.25, 0.3) is 11.1 Å². The van der Waals surface area contributed by atoms with Gasteiger partial charge in [0.05, 0.1) is 0 Å². The van der Waals surface area contributed by atoms with Crippen molar-refractivity contribution < 1.29 is 9.59 Å². The Labute approximate surface area is 164 Å². The average Bonchev–Trinajstić information content (AvgIpc) is 3.18. The molecule has 1 aliphatic heterocycles. The molecule has 0 unspecified atom stereocenters. The van der Waals surface area contributed by atoms with Gasteiger partial charge in [0, 0.05) is 17.8 Å². The Morgan fingerprint density at radius 3 is 2.25 bits per heavy atom. The van der Waals surface area contributed by atoms with Crippen LogP contribution in [-0.4, -0.2) is 24.4 Å². The van der Waals surface area contributed by atoms with E-state index in [0.29, 0.717) is 12.1 Å². The van der Waals surface area contributed by atoms with Crippen molar-refractivity contribution in [3.63, 3.8) is 0 Å². The summed E-state index contributed by atoms with van der Waals surface area (Å²) in [5, 5.41) is 2.83. The molecule has 0 spiro atoms. The van der Waals surface area contributed by atoms with Crippen molar-refractivity contribution in [2.45, 2.75) is 19.4 Å². The van der Waals surface area contributed by atoms with E-state index in [1.165, 1.54) is 5.56 Å². The maximum Gasteiger partial charge on any atom is 0.251 e. The standard InChI is InChI=1S/C24H22N2O2/c1-17(24(28)26-16-15-20-9-5-6-10-22(20)26)25-23(27)21-13-11-19(12-14-21)18-7-3-2-4-8-18/h2-14,17H,15-16H2,1H3,(H,25,27)/t17-/m0/s1. The number of anilines is 1. The van der Waals surface area contributed by atoms with E-state index in [1.807, 2.05) is 66.7 Å².